The van der Waals surface area contributed by atoms with E-state index in [1.165, 1.54) is 0 Å². The summed E-state index contributed by atoms with van der Waals surface area (Å²) in [5.74, 6) is 1.77. The van der Waals surface area contributed by atoms with E-state index < -0.39 is 0 Å². The van der Waals surface area contributed by atoms with Crippen molar-refractivity contribution in [1.29, 1.82) is 0 Å². The number of morpholine rings is 1. The molecule has 5 heteroatoms. The van der Waals surface area contributed by atoms with E-state index in [4.69, 9.17) is 14.9 Å². The fourth-order valence-corrected chi connectivity index (χ4v) is 2.75. The molecule has 0 radical (unpaired) electrons. The Balaban J connectivity index is 2.17. The Morgan fingerprint density at radius 3 is 2.79 bits per heavy atom. The van der Waals surface area contributed by atoms with Crippen molar-refractivity contribution in [1.82, 2.24) is 4.90 Å². The summed E-state index contributed by atoms with van der Waals surface area (Å²) >= 11 is 0. The molecule has 1 fully saturated rings. The third-order valence-electron chi connectivity index (χ3n) is 3.46. The van der Waals surface area contributed by atoms with Crippen LogP contribution in [-0.2, 0) is 4.74 Å². The maximum Gasteiger partial charge on any atom is 0.122 e. The zero-order valence-electron chi connectivity index (χ0n) is 11.9. The summed E-state index contributed by atoms with van der Waals surface area (Å²) in [6.45, 7) is 7.94. The van der Waals surface area contributed by atoms with E-state index in [1.54, 1.807) is 0 Å². The molecular formula is C14H24N2O3. The fourth-order valence-electron chi connectivity index (χ4n) is 2.75. The SMILES string of the molecule is Cc1ccc(C(CN)N2CC(CO)OC(C)(C)C2)o1. The Morgan fingerprint density at radius 1 is 1.53 bits per heavy atom. The largest absolute Gasteiger partial charge is 0.465 e. The van der Waals surface area contributed by atoms with Crippen molar-refractivity contribution in [2.75, 3.05) is 26.2 Å². The van der Waals surface area contributed by atoms with Crippen molar-refractivity contribution in [2.24, 2.45) is 5.73 Å². The number of furan rings is 1. The smallest absolute Gasteiger partial charge is 0.122 e. The molecule has 108 valence electrons. The second-order valence-electron chi connectivity index (χ2n) is 5.81. The molecular weight excluding hydrogens is 244 g/mol. The number of nitrogens with two attached hydrogens (primary N) is 1. The van der Waals surface area contributed by atoms with Crippen LogP contribution in [-0.4, -0.2) is 48.0 Å². The summed E-state index contributed by atoms with van der Waals surface area (Å²) in [7, 11) is 0. The van der Waals surface area contributed by atoms with Crippen molar-refractivity contribution >= 4 is 0 Å². The second kappa shape index (κ2) is 5.63. The molecule has 0 aliphatic carbocycles. The third-order valence-corrected chi connectivity index (χ3v) is 3.46. The molecule has 19 heavy (non-hydrogen) atoms. The molecule has 2 atom stereocenters. The molecule has 0 aromatic carbocycles. The minimum Gasteiger partial charge on any atom is -0.465 e. The molecule has 2 heterocycles. The lowest BCUT2D eigenvalue weighted by Gasteiger charge is -2.44. The van der Waals surface area contributed by atoms with E-state index in [0.717, 1.165) is 18.1 Å². The van der Waals surface area contributed by atoms with Crippen LogP contribution in [0.25, 0.3) is 0 Å². The van der Waals surface area contributed by atoms with Gasteiger partial charge in [-0.05, 0) is 32.9 Å². The highest BCUT2D eigenvalue weighted by Gasteiger charge is 2.37. The fraction of sp³-hybridized carbons (Fsp3) is 0.714. The average molecular weight is 268 g/mol. The molecule has 0 bridgehead atoms. The Hall–Kier alpha value is -0.880. The monoisotopic (exact) mass is 268 g/mol. The second-order valence-corrected chi connectivity index (χ2v) is 5.81. The molecule has 1 aromatic rings. The first-order chi connectivity index (χ1) is 8.95. The quantitative estimate of drug-likeness (QED) is 0.854. The Morgan fingerprint density at radius 2 is 2.26 bits per heavy atom. The summed E-state index contributed by atoms with van der Waals surface area (Å²) in [5.41, 5.74) is 5.62. The van der Waals surface area contributed by atoms with Gasteiger partial charge in [0.15, 0.2) is 0 Å². The van der Waals surface area contributed by atoms with Crippen molar-refractivity contribution in [3.8, 4) is 0 Å². The van der Waals surface area contributed by atoms with E-state index in [-0.39, 0.29) is 24.4 Å². The first-order valence-electron chi connectivity index (χ1n) is 6.74. The van der Waals surface area contributed by atoms with Gasteiger partial charge in [-0.2, -0.15) is 0 Å². The van der Waals surface area contributed by atoms with Gasteiger partial charge < -0.3 is 20.0 Å². The summed E-state index contributed by atoms with van der Waals surface area (Å²) in [4.78, 5) is 2.24. The lowest BCUT2D eigenvalue weighted by Crippen LogP contribution is -2.55. The molecule has 1 saturated heterocycles. The predicted molar refractivity (Wildman–Crippen MR) is 72.9 cm³/mol. The van der Waals surface area contributed by atoms with E-state index in [0.29, 0.717) is 13.1 Å². The van der Waals surface area contributed by atoms with Gasteiger partial charge >= 0.3 is 0 Å². The van der Waals surface area contributed by atoms with Crippen LogP contribution in [0.4, 0.5) is 0 Å². The summed E-state index contributed by atoms with van der Waals surface area (Å²) in [6.07, 6.45) is -0.172. The highest BCUT2D eigenvalue weighted by Crippen LogP contribution is 2.29. The van der Waals surface area contributed by atoms with Crippen LogP contribution in [0.1, 0.15) is 31.4 Å². The van der Waals surface area contributed by atoms with E-state index in [1.807, 2.05) is 32.9 Å². The lowest BCUT2D eigenvalue weighted by molar-refractivity contribution is -0.157. The van der Waals surface area contributed by atoms with E-state index in [9.17, 15) is 5.11 Å². The predicted octanol–water partition coefficient (Wildman–Crippen LogP) is 1.06. The van der Waals surface area contributed by atoms with Gasteiger partial charge in [0.2, 0.25) is 0 Å². The topological polar surface area (TPSA) is 71.9 Å². The lowest BCUT2D eigenvalue weighted by atomic mass is 10.0. The van der Waals surface area contributed by atoms with Gasteiger partial charge in [0, 0.05) is 19.6 Å². The van der Waals surface area contributed by atoms with Gasteiger partial charge in [-0.15, -0.1) is 0 Å². The molecule has 5 nitrogen and oxygen atoms in total. The Bertz CT molecular complexity index is 417. The standard InChI is InChI=1S/C14H24N2O3/c1-10-4-5-13(18-10)12(6-15)16-7-11(8-17)19-14(2,3)9-16/h4-5,11-12,17H,6-9,15H2,1-3H3. The molecule has 0 spiro atoms. The number of hydrogen-bond donors (Lipinski definition) is 2. The van der Waals surface area contributed by atoms with Gasteiger partial charge in [0.05, 0.1) is 24.4 Å². The Labute approximate surface area is 114 Å². The number of hydrogen-bond acceptors (Lipinski definition) is 5. The summed E-state index contributed by atoms with van der Waals surface area (Å²) in [6, 6.07) is 3.96. The number of aryl methyl sites for hydroxylation is 1. The van der Waals surface area contributed by atoms with E-state index >= 15 is 0 Å². The molecule has 1 aliphatic rings. The minimum atomic E-state index is -0.291. The van der Waals surface area contributed by atoms with Gasteiger partial charge in [-0.1, -0.05) is 0 Å². The first-order valence-corrected chi connectivity index (χ1v) is 6.74. The maximum absolute atomic E-state index is 9.36. The molecule has 0 saturated carbocycles. The molecule has 3 N–H and O–H groups in total. The number of nitrogens with zero attached hydrogens (tertiary/aromatic N) is 1. The molecule has 2 unspecified atom stereocenters. The van der Waals surface area contributed by atoms with Crippen molar-refractivity contribution in [3.63, 3.8) is 0 Å². The normalized spacial score (nSPS) is 25.4. The first kappa shape index (κ1) is 14.5. The van der Waals surface area contributed by atoms with Gasteiger partial charge in [-0.25, -0.2) is 0 Å². The summed E-state index contributed by atoms with van der Waals surface area (Å²) in [5, 5.41) is 9.36. The number of ether oxygens (including phenoxy) is 1. The number of rotatable bonds is 4. The molecule has 2 rings (SSSR count). The van der Waals surface area contributed by atoms with Crippen LogP contribution in [0.3, 0.4) is 0 Å². The number of aliphatic hydroxyl groups is 1. The third kappa shape index (κ3) is 3.36. The Kier molecular flexibility index (Phi) is 4.30. The highest BCUT2D eigenvalue weighted by molar-refractivity contribution is 5.11. The van der Waals surface area contributed by atoms with Crippen LogP contribution in [0.15, 0.2) is 16.5 Å². The number of aliphatic hydroxyl groups excluding tert-OH is 1. The molecule has 0 amide bonds. The maximum atomic E-state index is 9.36. The van der Waals surface area contributed by atoms with Crippen LogP contribution >= 0.6 is 0 Å². The molecule has 1 aromatic heterocycles. The van der Waals surface area contributed by atoms with Crippen molar-refractivity contribution in [2.45, 2.75) is 38.5 Å². The zero-order valence-corrected chi connectivity index (χ0v) is 11.9. The van der Waals surface area contributed by atoms with Crippen LogP contribution < -0.4 is 5.73 Å². The van der Waals surface area contributed by atoms with Gasteiger partial charge in [-0.3, -0.25) is 4.90 Å². The average Bonchev–Trinajstić information content (AvgIpc) is 2.74. The van der Waals surface area contributed by atoms with Crippen LogP contribution in [0, 0.1) is 6.92 Å². The van der Waals surface area contributed by atoms with Gasteiger partial charge in [0.25, 0.3) is 0 Å². The highest BCUT2D eigenvalue weighted by atomic mass is 16.5. The van der Waals surface area contributed by atoms with Crippen molar-refractivity contribution < 1.29 is 14.3 Å². The molecule has 1 aliphatic heterocycles. The van der Waals surface area contributed by atoms with Crippen molar-refractivity contribution in [3.05, 3.63) is 23.7 Å². The van der Waals surface area contributed by atoms with E-state index in [2.05, 4.69) is 4.90 Å². The summed E-state index contributed by atoms with van der Waals surface area (Å²) < 4.78 is 11.5. The zero-order chi connectivity index (χ0) is 14.0. The van der Waals surface area contributed by atoms with Gasteiger partial charge in [0.1, 0.15) is 11.5 Å². The minimum absolute atomic E-state index is 0.0222. The van der Waals surface area contributed by atoms with Crippen LogP contribution in [0.2, 0.25) is 0 Å². The van der Waals surface area contributed by atoms with Crippen LogP contribution in [0.5, 0.6) is 0 Å².